The van der Waals surface area contributed by atoms with Gasteiger partial charge in [-0.1, -0.05) is 0 Å². The number of rotatable bonds is 1. The Hall–Kier alpha value is -1.55. The molecule has 1 N–H and O–H groups in total. The first-order valence-electron chi connectivity index (χ1n) is 6.95. The van der Waals surface area contributed by atoms with E-state index in [0.717, 1.165) is 43.0 Å². The second-order valence-corrected chi connectivity index (χ2v) is 5.54. The van der Waals surface area contributed by atoms with Crippen LogP contribution >= 0.6 is 0 Å². The molecule has 0 aliphatic carbocycles. The van der Waals surface area contributed by atoms with E-state index in [1.807, 2.05) is 23.1 Å². The van der Waals surface area contributed by atoms with E-state index in [4.69, 9.17) is 4.74 Å². The Balaban J connectivity index is 1.83. The molecule has 2 atom stereocenters. The first-order valence-corrected chi connectivity index (χ1v) is 6.95. The van der Waals surface area contributed by atoms with E-state index in [9.17, 15) is 4.79 Å². The maximum absolute atomic E-state index is 12.6. The van der Waals surface area contributed by atoms with Gasteiger partial charge in [-0.3, -0.25) is 4.79 Å². The van der Waals surface area contributed by atoms with E-state index in [-0.39, 0.29) is 11.9 Å². The summed E-state index contributed by atoms with van der Waals surface area (Å²) >= 11 is 0. The molecule has 4 heteroatoms. The second-order valence-electron chi connectivity index (χ2n) is 5.54. The fraction of sp³-hybridized carbons (Fsp3) is 0.533. The Kier molecular flexibility index (Phi) is 3.19. The van der Waals surface area contributed by atoms with Gasteiger partial charge in [-0.05, 0) is 37.6 Å². The van der Waals surface area contributed by atoms with Crippen molar-refractivity contribution in [2.75, 3.05) is 19.7 Å². The summed E-state index contributed by atoms with van der Waals surface area (Å²) in [7, 11) is 0. The number of ether oxygens (including phenoxy) is 1. The smallest absolute Gasteiger partial charge is 0.254 e. The minimum atomic E-state index is 0.135. The van der Waals surface area contributed by atoms with Gasteiger partial charge in [0.1, 0.15) is 5.75 Å². The van der Waals surface area contributed by atoms with Crippen LogP contribution in [0.15, 0.2) is 18.2 Å². The van der Waals surface area contributed by atoms with Gasteiger partial charge in [-0.15, -0.1) is 0 Å². The number of carbonyl (C=O) groups is 1. The van der Waals surface area contributed by atoms with E-state index < -0.39 is 0 Å². The van der Waals surface area contributed by atoms with Crippen LogP contribution < -0.4 is 10.1 Å². The average Bonchev–Trinajstić information content (AvgIpc) is 2.88. The number of amides is 1. The zero-order chi connectivity index (χ0) is 13.4. The maximum Gasteiger partial charge on any atom is 0.254 e. The molecule has 2 heterocycles. The van der Waals surface area contributed by atoms with E-state index in [1.165, 1.54) is 0 Å². The lowest BCUT2D eigenvalue weighted by molar-refractivity contribution is 0.0616. The molecule has 0 radical (unpaired) electrons. The number of hydrogen-bond donors (Lipinski definition) is 1. The Morgan fingerprint density at radius 1 is 1.42 bits per heavy atom. The van der Waals surface area contributed by atoms with Crippen LogP contribution in [-0.2, 0) is 6.42 Å². The van der Waals surface area contributed by atoms with Crippen molar-refractivity contribution in [1.29, 1.82) is 0 Å². The minimum Gasteiger partial charge on any atom is -0.493 e. The molecule has 4 nitrogen and oxygen atoms in total. The molecule has 2 aliphatic heterocycles. The molecule has 102 valence electrons. The molecule has 2 aliphatic rings. The molecule has 1 amide bonds. The van der Waals surface area contributed by atoms with Gasteiger partial charge in [-0.25, -0.2) is 0 Å². The predicted octanol–water partition coefficient (Wildman–Crippen LogP) is 1.44. The van der Waals surface area contributed by atoms with Crippen LogP contribution in [0.4, 0.5) is 0 Å². The molecule has 1 aromatic carbocycles. The molecule has 2 unspecified atom stereocenters. The standard InChI is InChI=1S/C15H20N2O2/c1-10-9-17(11(2)8-16-10)15(18)13-3-4-14-12(7-13)5-6-19-14/h3-4,7,10-11,16H,5-6,8-9H2,1-2H3. The van der Waals surface area contributed by atoms with Gasteiger partial charge in [0, 0.05) is 37.2 Å². The number of carbonyl (C=O) groups excluding carboxylic acids is 1. The zero-order valence-electron chi connectivity index (χ0n) is 11.5. The number of benzene rings is 1. The van der Waals surface area contributed by atoms with Gasteiger partial charge in [0.25, 0.3) is 5.91 Å². The second kappa shape index (κ2) is 4.85. The predicted molar refractivity (Wildman–Crippen MR) is 73.6 cm³/mol. The SMILES string of the molecule is CC1CN(C(=O)c2ccc3c(c2)CCO3)C(C)CN1. The molecular weight excluding hydrogens is 240 g/mol. The van der Waals surface area contributed by atoms with Crippen LogP contribution in [0.5, 0.6) is 5.75 Å². The molecule has 1 aromatic rings. The van der Waals surface area contributed by atoms with Crippen LogP contribution in [0.2, 0.25) is 0 Å². The van der Waals surface area contributed by atoms with E-state index in [2.05, 4.69) is 19.2 Å². The fourth-order valence-electron chi connectivity index (χ4n) is 2.79. The molecular formula is C15H20N2O2. The average molecular weight is 260 g/mol. The summed E-state index contributed by atoms with van der Waals surface area (Å²) in [6.07, 6.45) is 0.907. The molecule has 19 heavy (non-hydrogen) atoms. The van der Waals surface area contributed by atoms with Gasteiger partial charge in [0.2, 0.25) is 0 Å². The third kappa shape index (κ3) is 2.32. The lowest BCUT2D eigenvalue weighted by Gasteiger charge is -2.37. The van der Waals surface area contributed by atoms with Gasteiger partial charge < -0.3 is 15.0 Å². The lowest BCUT2D eigenvalue weighted by Crippen LogP contribution is -2.56. The quantitative estimate of drug-likeness (QED) is 0.831. The van der Waals surface area contributed by atoms with Crippen LogP contribution in [-0.4, -0.2) is 42.6 Å². The van der Waals surface area contributed by atoms with Crippen molar-refractivity contribution in [2.24, 2.45) is 0 Å². The van der Waals surface area contributed by atoms with Crippen LogP contribution in [0.3, 0.4) is 0 Å². The number of piperazine rings is 1. The van der Waals surface area contributed by atoms with Gasteiger partial charge >= 0.3 is 0 Å². The highest BCUT2D eigenvalue weighted by Crippen LogP contribution is 2.26. The van der Waals surface area contributed by atoms with Crippen molar-refractivity contribution in [3.63, 3.8) is 0 Å². The number of fused-ring (bicyclic) bond motifs is 1. The summed E-state index contributed by atoms with van der Waals surface area (Å²) < 4.78 is 5.48. The highest BCUT2D eigenvalue weighted by Gasteiger charge is 2.28. The summed E-state index contributed by atoms with van der Waals surface area (Å²) in [5.41, 5.74) is 1.94. The third-order valence-corrected chi connectivity index (χ3v) is 3.96. The van der Waals surface area contributed by atoms with Crippen molar-refractivity contribution in [3.8, 4) is 5.75 Å². The topological polar surface area (TPSA) is 41.6 Å². The number of nitrogens with zero attached hydrogens (tertiary/aromatic N) is 1. The van der Waals surface area contributed by atoms with Crippen LogP contribution in [0, 0.1) is 0 Å². The van der Waals surface area contributed by atoms with Crippen LogP contribution in [0.25, 0.3) is 0 Å². The molecule has 1 saturated heterocycles. The Morgan fingerprint density at radius 2 is 2.26 bits per heavy atom. The fourth-order valence-corrected chi connectivity index (χ4v) is 2.79. The Labute approximate surface area is 113 Å². The summed E-state index contributed by atoms with van der Waals surface area (Å²) in [6, 6.07) is 6.40. The van der Waals surface area contributed by atoms with Crippen molar-refractivity contribution < 1.29 is 9.53 Å². The minimum absolute atomic E-state index is 0.135. The van der Waals surface area contributed by atoms with Crippen molar-refractivity contribution >= 4 is 5.91 Å². The van der Waals surface area contributed by atoms with Crippen LogP contribution in [0.1, 0.15) is 29.8 Å². The molecule has 0 spiro atoms. The van der Waals surface area contributed by atoms with Crippen molar-refractivity contribution in [1.82, 2.24) is 10.2 Å². The zero-order valence-corrected chi connectivity index (χ0v) is 11.5. The normalized spacial score (nSPS) is 25.9. The number of hydrogen-bond acceptors (Lipinski definition) is 3. The molecule has 0 bridgehead atoms. The maximum atomic E-state index is 12.6. The van der Waals surface area contributed by atoms with Gasteiger partial charge in [0.05, 0.1) is 6.61 Å². The van der Waals surface area contributed by atoms with E-state index >= 15 is 0 Å². The van der Waals surface area contributed by atoms with Gasteiger partial charge in [-0.2, -0.15) is 0 Å². The third-order valence-electron chi connectivity index (χ3n) is 3.96. The summed E-state index contributed by atoms with van der Waals surface area (Å²) in [6.45, 7) is 6.57. The molecule has 3 rings (SSSR count). The largest absolute Gasteiger partial charge is 0.493 e. The first-order chi connectivity index (χ1) is 9.15. The molecule has 0 saturated carbocycles. The highest BCUT2D eigenvalue weighted by molar-refractivity contribution is 5.95. The number of nitrogens with one attached hydrogen (secondary N) is 1. The Morgan fingerprint density at radius 3 is 3.11 bits per heavy atom. The highest BCUT2D eigenvalue weighted by atomic mass is 16.5. The molecule has 1 fully saturated rings. The first kappa shape index (κ1) is 12.5. The lowest BCUT2D eigenvalue weighted by atomic mass is 10.1. The van der Waals surface area contributed by atoms with E-state index in [1.54, 1.807) is 0 Å². The van der Waals surface area contributed by atoms with E-state index in [0.29, 0.717) is 6.04 Å². The Bertz CT molecular complexity index is 501. The summed E-state index contributed by atoms with van der Waals surface area (Å²) in [4.78, 5) is 14.6. The summed E-state index contributed by atoms with van der Waals surface area (Å²) in [5, 5.41) is 3.40. The van der Waals surface area contributed by atoms with Crippen molar-refractivity contribution in [3.05, 3.63) is 29.3 Å². The van der Waals surface area contributed by atoms with Gasteiger partial charge in [0.15, 0.2) is 0 Å². The van der Waals surface area contributed by atoms with Crippen molar-refractivity contribution in [2.45, 2.75) is 32.4 Å². The summed E-state index contributed by atoms with van der Waals surface area (Å²) in [5.74, 6) is 1.06. The monoisotopic (exact) mass is 260 g/mol. The molecule has 0 aromatic heterocycles.